The molecule has 1 aliphatic rings. The number of nitrogens with two attached hydrogens (primary N) is 1. The van der Waals surface area contributed by atoms with Crippen LogP contribution in [-0.2, 0) is 11.3 Å². The second-order valence-corrected chi connectivity index (χ2v) is 5.53. The van der Waals surface area contributed by atoms with Crippen LogP contribution in [0, 0.1) is 0 Å². The van der Waals surface area contributed by atoms with Crippen LogP contribution in [-0.4, -0.2) is 28.4 Å². The first-order chi connectivity index (χ1) is 9.81. The summed E-state index contributed by atoms with van der Waals surface area (Å²) in [7, 11) is 0. The van der Waals surface area contributed by atoms with Crippen molar-refractivity contribution in [2.75, 3.05) is 6.54 Å². The fourth-order valence-corrected chi connectivity index (χ4v) is 2.39. The molecule has 0 spiro atoms. The number of carbonyl (C=O) groups is 1. The molecule has 2 N–H and O–H groups in total. The van der Waals surface area contributed by atoms with Crippen LogP contribution >= 0.6 is 0 Å². The SMILES string of the molecule is NCCCCCCC(=O)N(Cc1ccccn1)C1CC1. The summed E-state index contributed by atoms with van der Waals surface area (Å²) in [5, 5.41) is 0. The monoisotopic (exact) mass is 275 g/mol. The maximum absolute atomic E-state index is 12.3. The molecule has 20 heavy (non-hydrogen) atoms. The largest absolute Gasteiger partial charge is 0.334 e. The molecule has 0 bridgehead atoms. The van der Waals surface area contributed by atoms with E-state index in [1.807, 2.05) is 23.1 Å². The summed E-state index contributed by atoms with van der Waals surface area (Å²) in [5.74, 6) is 0.283. The van der Waals surface area contributed by atoms with Crippen molar-refractivity contribution in [3.63, 3.8) is 0 Å². The Kier molecular flexibility index (Phi) is 5.99. The van der Waals surface area contributed by atoms with Gasteiger partial charge in [0.05, 0.1) is 12.2 Å². The third-order valence-electron chi connectivity index (χ3n) is 3.71. The molecule has 0 aromatic carbocycles. The first-order valence-corrected chi connectivity index (χ1v) is 7.70. The Balaban J connectivity index is 1.78. The summed E-state index contributed by atoms with van der Waals surface area (Å²) in [6.07, 6.45) is 9.01. The number of pyridine rings is 1. The number of rotatable bonds is 9. The highest BCUT2D eigenvalue weighted by molar-refractivity contribution is 5.76. The number of carbonyl (C=O) groups excluding carboxylic acids is 1. The van der Waals surface area contributed by atoms with Gasteiger partial charge in [-0.15, -0.1) is 0 Å². The zero-order valence-corrected chi connectivity index (χ0v) is 12.1. The van der Waals surface area contributed by atoms with E-state index in [4.69, 9.17) is 5.73 Å². The molecule has 0 radical (unpaired) electrons. The van der Waals surface area contributed by atoms with E-state index in [0.29, 0.717) is 19.0 Å². The van der Waals surface area contributed by atoms with E-state index in [-0.39, 0.29) is 5.91 Å². The molecule has 110 valence electrons. The predicted octanol–water partition coefficient (Wildman–Crippen LogP) is 2.48. The fraction of sp³-hybridized carbons (Fsp3) is 0.625. The Bertz CT molecular complexity index is 403. The molecule has 1 fully saturated rings. The van der Waals surface area contributed by atoms with Crippen LogP contribution in [0.15, 0.2) is 24.4 Å². The lowest BCUT2D eigenvalue weighted by Crippen LogP contribution is -2.32. The molecule has 1 aromatic heterocycles. The van der Waals surface area contributed by atoms with E-state index in [9.17, 15) is 4.79 Å². The number of nitrogens with zero attached hydrogens (tertiary/aromatic N) is 2. The third-order valence-corrected chi connectivity index (χ3v) is 3.71. The average Bonchev–Trinajstić information content (AvgIpc) is 3.30. The average molecular weight is 275 g/mol. The van der Waals surface area contributed by atoms with Gasteiger partial charge in [-0.25, -0.2) is 0 Å². The van der Waals surface area contributed by atoms with Crippen LogP contribution in [0.3, 0.4) is 0 Å². The zero-order chi connectivity index (χ0) is 14.2. The maximum atomic E-state index is 12.3. The Morgan fingerprint density at radius 3 is 2.70 bits per heavy atom. The molecule has 1 saturated carbocycles. The molecule has 0 aliphatic heterocycles. The van der Waals surface area contributed by atoms with E-state index in [1.54, 1.807) is 6.20 Å². The molecule has 0 saturated heterocycles. The minimum Gasteiger partial charge on any atom is -0.334 e. The van der Waals surface area contributed by atoms with Crippen molar-refractivity contribution < 1.29 is 4.79 Å². The zero-order valence-electron chi connectivity index (χ0n) is 12.1. The van der Waals surface area contributed by atoms with Crippen LogP contribution in [0.5, 0.6) is 0 Å². The molecular weight excluding hydrogens is 250 g/mol. The molecule has 1 heterocycles. The van der Waals surface area contributed by atoms with E-state index >= 15 is 0 Å². The summed E-state index contributed by atoms with van der Waals surface area (Å²) in [6.45, 7) is 1.41. The van der Waals surface area contributed by atoms with Gasteiger partial charge in [-0.1, -0.05) is 18.9 Å². The van der Waals surface area contributed by atoms with Gasteiger partial charge < -0.3 is 10.6 Å². The first kappa shape index (κ1) is 15.0. The molecule has 1 amide bonds. The van der Waals surface area contributed by atoms with Crippen molar-refractivity contribution in [2.45, 2.75) is 57.5 Å². The molecule has 4 heteroatoms. The number of aromatic nitrogens is 1. The van der Waals surface area contributed by atoms with Crippen molar-refractivity contribution >= 4 is 5.91 Å². The molecule has 1 aromatic rings. The van der Waals surface area contributed by atoms with Crippen molar-refractivity contribution in [3.05, 3.63) is 30.1 Å². The van der Waals surface area contributed by atoms with Crippen molar-refractivity contribution in [2.24, 2.45) is 5.73 Å². The Hall–Kier alpha value is -1.42. The Morgan fingerprint density at radius 2 is 2.05 bits per heavy atom. The van der Waals surface area contributed by atoms with Gasteiger partial charge in [0, 0.05) is 18.7 Å². The number of hydrogen-bond acceptors (Lipinski definition) is 3. The van der Waals surface area contributed by atoms with Crippen LogP contribution in [0.1, 0.15) is 50.6 Å². The first-order valence-electron chi connectivity index (χ1n) is 7.70. The molecule has 0 unspecified atom stereocenters. The van der Waals surface area contributed by atoms with Gasteiger partial charge in [0.1, 0.15) is 0 Å². The van der Waals surface area contributed by atoms with Crippen molar-refractivity contribution in [1.29, 1.82) is 0 Å². The highest BCUT2D eigenvalue weighted by Gasteiger charge is 2.32. The minimum absolute atomic E-state index is 0.283. The third kappa shape index (κ3) is 4.93. The molecular formula is C16H25N3O. The van der Waals surface area contributed by atoms with Crippen LogP contribution < -0.4 is 5.73 Å². The van der Waals surface area contributed by atoms with Crippen molar-refractivity contribution in [3.8, 4) is 0 Å². The van der Waals surface area contributed by atoms with Gasteiger partial charge in [0.2, 0.25) is 5.91 Å². The normalized spacial score (nSPS) is 14.2. The standard InChI is InChI=1S/C16H25N3O/c17-11-5-2-1-3-8-16(20)19(15-9-10-15)13-14-7-4-6-12-18-14/h4,6-7,12,15H,1-3,5,8-11,13,17H2. The van der Waals surface area contributed by atoms with Crippen LogP contribution in [0.25, 0.3) is 0 Å². The number of hydrogen-bond donors (Lipinski definition) is 1. The fourth-order valence-electron chi connectivity index (χ4n) is 2.39. The highest BCUT2D eigenvalue weighted by Crippen LogP contribution is 2.29. The van der Waals surface area contributed by atoms with Gasteiger partial charge in [-0.05, 0) is 44.4 Å². The molecule has 0 atom stereocenters. The molecule has 2 rings (SSSR count). The lowest BCUT2D eigenvalue weighted by Gasteiger charge is -2.22. The maximum Gasteiger partial charge on any atom is 0.223 e. The molecule has 4 nitrogen and oxygen atoms in total. The van der Waals surface area contributed by atoms with Gasteiger partial charge >= 0.3 is 0 Å². The molecule has 1 aliphatic carbocycles. The Morgan fingerprint density at radius 1 is 1.25 bits per heavy atom. The van der Waals surface area contributed by atoms with Gasteiger partial charge in [0.15, 0.2) is 0 Å². The summed E-state index contributed by atoms with van der Waals surface area (Å²) in [4.78, 5) is 18.7. The summed E-state index contributed by atoms with van der Waals surface area (Å²) in [6, 6.07) is 6.33. The lowest BCUT2D eigenvalue weighted by molar-refractivity contribution is -0.132. The van der Waals surface area contributed by atoms with E-state index in [0.717, 1.165) is 50.8 Å². The number of unbranched alkanes of at least 4 members (excludes halogenated alkanes) is 3. The smallest absolute Gasteiger partial charge is 0.223 e. The van der Waals surface area contributed by atoms with Crippen molar-refractivity contribution in [1.82, 2.24) is 9.88 Å². The topological polar surface area (TPSA) is 59.2 Å². The minimum atomic E-state index is 0.283. The van der Waals surface area contributed by atoms with Gasteiger partial charge in [0.25, 0.3) is 0 Å². The van der Waals surface area contributed by atoms with Gasteiger partial charge in [-0.3, -0.25) is 9.78 Å². The van der Waals surface area contributed by atoms with E-state index in [2.05, 4.69) is 4.98 Å². The number of amides is 1. The van der Waals surface area contributed by atoms with Crippen LogP contribution in [0.2, 0.25) is 0 Å². The Labute approximate surface area is 121 Å². The lowest BCUT2D eigenvalue weighted by atomic mass is 10.1. The van der Waals surface area contributed by atoms with E-state index in [1.165, 1.54) is 0 Å². The second kappa shape index (κ2) is 8.00. The summed E-state index contributed by atoms with van der Waals surface area (Å²) >= 11 is 0. The second-order valence-electron chi connectivity index (χ2n) is 5.53. The van der Waals surface area contributed by atoms with E-state index < -0.39 is 0 Å². The highest BCUT2D eigenvalue weighted by atomic mass is 16.2. The predicted molar refractivity (Wildman–Crippen MR) is 79.9 cm³/mol. The quantitative estimate of drug-likeness (QED) is 0.704. The van der Waals surface area contributed by atoms with Crippen LogP contribution in [0.4, 0.5) is 0 Å². The summed E-state index contributed by atoms with van der Waals surface area (Å²) < 4.78 is 0. The summed E-state index contributed by atoms with van der Waals surface area (Å²) in [5.41, 5.74) is 6.45. The van der Waals surface area contributed by atoms with Gasteiger partial charge in [-0.2, -0.15) is 0 Å².